The minimum Gasteiger partial charge on any atom is -0.379 e. The summed E-state index contributed by atoms with van der Waals surface area (Å²) < 4.78 is 5.59. The maximum absolute atomic E-state index is 5.59. The van der Waals surface area contributed by atoms with Gasteiger partial charge in [0.15, 0.2) is 0 Å². The van der Waals surface area contributed by atoms with Crippen molar-refractivity contribution in [1.82, 2.24) is 9.80 Å². The standard InChI is InChI=1S/C12H28N2O/c1-11(2)13(5)7-9-15-10-8-14(6)12(3)4/h11-12H,7-10H2,1-6H3. The molecule has 0 aromatic carbocycles. The van der Waals surface area contributed by atoms with Crippen LogP contribution in [-0.2, 0) is 4.74 Å². The normalized spacial score (nSPS) is 12.4. The molecule has 0 unspecified atom stereocenters. The first-order valence-electron chi connectivity index (χ1n) is 5.93. The topological polar surface area (TPSA) is 15.7 Å². The van der Waals surface area contributed by atoms with Crippen molar-refractivity contribution in [3.63, 3.8) is 0 Å². The van der Waals surface area contributed by atoms with Crippen LogP contribution < -0.4 is 0 Å². The first-order chi connectivity index (χ1) is 6.95. The number of hydrogen-bond acceptors (Lipinski definition) is 3. The lowest BCUT2D eigenvalue weighted by Crippen LogP contribution is -2.32. The molecule has 0 aromatic heterocycles. The van der Waals surface area contributed by atoms with Gasteiger partial charge in [0.2, 0.25) is 0 Å². The van der Waals surface area contributed by atoms with Gasteiger partial charge in [0.05, 0.1) is 13.2 Å². The molecule has 0 atom stereocenters. The van der Waals surface area contributed by atoms with Crippen molar-refractivity contribution in [2.75, 3.05) is 40.4 Å². The van der Waals surface area contributed by atoms with Crippen LogP contribution in [0.5, 0.6) is 0 Å². The average Bonchev–Trinajstić information content (AvgIpc) is 2.16. The molecule has 0 aliphatic rings. The molecule has 0 saturated heterocycles. The van der Waals surface area contributed by atoms with E-state index in [1.165, 1.54) is 0 Å². The number of ether oxygens (including phenoxy) is 1. The molecule has 0 spiro atoms. The lowest BCUT2D eigenvalue weighted by molar-refractivity contribution is 0.0823. The Hall–Kier alpha value is -0.120. The van der Waals surface area contributed by atoms with Gasteiger partial charge >= 0.3 is 0 Å². The Labute approximate surface area is 95.4 Å². The summed E-state index contributed by atoms with van der Waals surface area (Å²) in [6.07, 6.45) is 0. The van der Waals surface area contributed by atoms with Crippen molar-refractivity contribution >= 4 is 0 Å². The van der Waals surface area contributed by atoms with Crippen LogP contribution in [-0.4, -0.2) is 62.3 Å². The Morgan fingerprint density at radius 1 is 0.800 bits per heavy atom. The van der Waals surface area contributed by atoms with Gasteiger partial charge in [0, 0.05) is 25.2 Å². The largest absolute Gasteiger partial charge is 0.379 e. The highest BCUT2D eigenvalue weighted by Crippen LogP contribution is 1.94. The molecule has 0 bridgehead atoms. The highest BCUT2D eigenvalue weighted by atomic mass is 16.5. The third kappa shape index (κ3) is 7.77. The monoisotopic (exact) mass is 216 g/mol. The quantitative estimate of drug-likeness (QED) is 0.574. The summed E-state index contributed by atoms with van der Waals surface area (Å²) in [6.45, 7) is 12.5. The van der Waals surface area contributed by atoms with Crippen LogP contribution in [0.15, 0.2) is 0 Å². The maximum Gasteiger partial charge on any atom is 0.0594 e. The van der Waals surface area contributed by atoms with E-state index in [9.17, 15) is 0 Å². The highest BCUT2D eigenvalue weighted by molar-refractivity contribution is 4.57. The molecule has 0 N–H and O–H groups in total. The average molecular weight is 216 g/mol. The minimum absolute atomic E-state index is 0.604. The molecule has 0 fully saturated rings. The van der Waals surface area contributed by atoms with Crippen molar-refractivity contribution in [2.45, 2.75) is 39.8 Å². The molecule has 0 aliphatic heterocycles. The van der Waals surface area contributed by atoms with Crippen LogP contribution in [0, 0.1) is 0 Å². The second-order valence-electron chi connectivity index (χ2n) is 4.76. The number of rotatable bonds is 8. The molecule has 0 rings (SSSR count). The van der Waals surface area contributed by atoms with Gasteiger partial charge in [-0.15, -0.1) is 0 Å². The van der Waals surface area contributed by atoms with Gasteiger partial charge < -0.3 is 14.5 Å². The third-order valence-corrected chi connectivity index (χ3v) is 2.94. The summed E-state index contributed by atoms with van der Waals surface area (Å²) in [5.74, 6) is 0. The molecule has 0 radical (unpaired) electrons. The van der Waals surface area contributed by atoms with Crippen molar-refractivity contribution in [3.8, 4) is 0 Å². The third-order valence-electron chi connectivity index (χ3n) is 2.94. The summed E-state index contributed by atoms with van der Waals surface area (Å²) in [5, 5.41) is 0. The molecule has 3 nitrogen and oxygen atoms in total. The lowest BCUT2D eigenvalue weighted by atomic mass is 10.3. The molecule has 3 heteroatoms. The molecular formula is C12H28N2O. The van der Waals surface area contributed by atoms with Gasteiger partial charge in [-0.3, -0.25) is 0 Å². The van der Waals surface area contributed by atoms with Crippen LogP contribution >= 0.6 is 0 Å². The van der Waals surface area contributed by atoms with E-state index in [1.807, 2.05) is 0 Å². The van der Waals surface area contributed by atoms with Gasteiger partial charge in [-0.2, -0.15) is 0 Å². The molecule has 15 heavy (non-hydrogen) atoms. The van der Waals surface area contributed by atoms with Crippen molar-refractivity contribution in [1.29, 1.82) is 0 Å². The van der Waals surface area contributed by atoms with Crippen LogP contribution in [0.3, 0.4) is 0 Å². The van der Waals surface area contributed by atoms with E-state index in [2.05, 4.69) is 51.6 Å². The first kappa shape index (κ1) is 14.9. The van der Waals surface area contributed by atoms with E-state index < -0.39 is 0 Å². The molecule has 92 valence electrons. The van der Waals surface area contributed by atoms with Crippen LogP contribution in [0.4, 0.5) is 0 Å². The summed E-state index contributed by atoms with van der Waals surface area (Å²) >= 11 is 0. The SMILES string of the molecule is CC(C)N(C)CCOCCN(C)C(C)C. The number of nitrogens with zero attached hydrogens (tertiary/aromatic N) is 2. The molecule has 0 aromatic rings. The lowest BCUT2D eigenvalue weighted by Gasteiger charge is -2.22. The molecule has 0 saturated carbocycles. The Morgan fingerprint density at radius 2 is 1.13 bits per heavy atom. The molecule has 0 amide bonds. The Balaban J connectivity index is 3.32. The van der Waals surface area contributed by atoms with Crippen molar-refractivity contribution in [2.24, 2.45) is 0 Å². The van der Waals surface area contributed by atoms with Gasteiger partial charge in [-0.05, 0) is 41.8 Å². The van der Waals surface area contributed by atoms with Gasteiger partial charge in [-0.1, -0.05) is 0 Å². The summed E-state index contributed by atoms with van der Waals surface area (Å²) in [4.78, 5) is 4.60. The fourth-order valence-corrected chi connectivity index (χ4v) is 1.04. The zero-order valence-electron chi connectivity index (χ0n) is 11.3. The molecule has 0 heterocycles. The zero-order chi connectivity index (χ0) is 11.8. The van der Waals surface area contributed by atoms with Gasteiger partial charge in [0.25, 0.3) is 0 Å². The van der Waals surface area contributed by atoms with Gasteiger partial charge in [0.1, 0.15) is 0 Å². The highest BCUT2D eigenvalue weighted by Gasteiger charge is 2.04. The minimum atomic E-state index is 0.604. The van der Waals surface area contributed by atoms with E-state index in [4.69, 9.17) is 4.74 Å². The number of hydrogen-bond donors (Lipinski definition) is 0. The second kappa shape index (κ2) is 8.08. The van der Waals surface area contributed by atoms with E-state index in [-0.39, 0.29) is 0 Å². The summed E-state index contributed by atoms with van der Waals surface area (Å²) in [5.41, 5.74) is 0. The predicted octanol–water partition coefficient (Wildman–Crippen LogP) is 1.68. The number of likely N-dealkylation sites (N-methyl/N-ethyl adjacent to an activating group) is 2. The van der Waals surface area contributed by atoms with Crippen molar-refractivity contribution < 1.29 is 4.74 Å². The van der Waals surface area contributed by atoms with E-state index in [1.54, 1.807) is 0 Å². The van der Waals surface area contributed by atoms with Crippen LogP contribution in [0.25, 0.3) is 0 Å². The summed E-state index contributed by atoms with van der Waals surface area (Å²) in [6, 6.07) is 1.21. The first-order valence-corrected chi connectivity index (χ1v) is 5.93. The van der Waals surface area contributed by atoms with E-state index >= 15 is 0 Å². The van der Waals surface area contributed by atoms with Crippen LogP contribution in [0.2, 0.25) is 0 Å². The molecular weight excluding hydrogens is 188 g/mol. The maximum atomic E-state index is 5.59. The van der Waals surface area contributed by atoms with Gasteiger partial charge in [-0.25, -0.2) is 0 Å². The van der Waals surface area contributed by atoms with Crippen molar-refractivity contribution in [3.05, 3.63) is 0 Å². The fraction of sp³-hybridized carbons (Fsp3) is 1.00. The second-order valence-corrected chi connectivity index (χ2v) is 4.76. The van der Waals surface area contributed by atoms with Crippen LogP contribution in [0.1, 0.15) is 27.7 Å². The Bertz CT molecular complexity index is 133. The van der Waals surface area contributed by atoms with E-state index in [0.717, 1.165) is 26.3 Å². The fourth-order valence-electron chi connectivity index (χ4n) is 1.04. The molecule has 0 aliphatic carbocycles. The Morgan fingerprint density at radius 3 is 1.40 bits per heavy atom. The predicted molar refractivity (Wildman–Crippen MR) is 66.4 cm³/mol. The Kier molecular flexibility index (Phi) is 8.02. The smallest absolute Gasteiger partial charge is 0.0594 e. The zero-order valence-corrected chi connectivity index (χ0v) is 11.3. The van der Waals surface area contributed by atoms with E-state index in [0.29, 0.717) is 12.1 Å². The summed E-state index contributed by atoms with van der Waals surface area (Å²) in [7, 11) is 4.27.